The van der Waals surface area contributed by atoms with Crippen molar-refractivity contribution in [3.63, 3.8) is 0 Å². The van der Waals surface area contributed by atoms with Crippen LogP contribution >= 0.6 is 0 Å². The molecule has 0 spiro atoms. The summed E-state index contributed by atoms with van der Waals surface area (Å²) >= 11 is 0. The van der Waals surface area contributed by atoms with Crippen LogP contribution in [0.4, 0.5) is 17.1 Å². The SMILES string of the molecule is c1ccc(-c2ccccc2-c2ccccc2-c2ccccc2N(c2ccc(-c3ccc4c(c3)oc3ccccc34)cc2)c2ccc(-c3cccc4ccccc34)cc2)cc1. The Hall–Kier alpha value is -7.94. The molecular weight excluding hydrogens is 727 g/mol. The first-order valence-electron chi connectivity index (χ1n) is 20.5. The maximum atomic E-state index is 6.28. The van der Waals surface area contributed by atoms with Gasteiger partial charge < -0.3 is 9.32 Å². The Labute approximate surface area is 349 Å². The highest BCUT2D eigenvalue weighted by atomic mass is 16.3. The van der Waals surface area contributed by atoms with E-state index in [0.29, 0.717) is 0 Å². The molecule has 2 nitrogen and oxygen atoms in total. The number of nitrogens with zero attached hydrogens (tertiary/aromatic N) is 1. The molecule has 0 fully saturated rings. The van der Waals surface area contributed by atoms with Crippen LogP contribution in [0.1, 0.15) is 0 Å². The van der Waals surface area contributed by atoms with Crippen molar-refractivity contribution in [2.45, 2.75) is 0 Å². The molecule has 2 heteroatoms. The molecule has 282 valence electrons. The molecule has 60 heavy (non-hydrogen) atoms. The fourth-order valence-corrected chi connectivity index (χ4v) is 8.84. The minimum Gasteiger partial charge on any atom is -0.456 e. The second-order valence-corrected chi connectivity index (χ2v) is 15.2. The van der Waals surface area contributed by atoms with Gasteiger partial charge in [0.05, 0.1) is 5.69 Å². The number of hydrogen-bond acceptors (Lipinski definition) is 2. The summed E-state index contributed by atoms with van der Waals surface area (Å²) in [6.07, 6.45) is 0. The number of anilines is 3. The monoisotopic (exact) mass is 765 g/mol. The Balaban J connectivity index is 1.05. The van der Waals surface area contributed by atoms with Gasteiger partial charge in [-0.25, -0.2) is 0 Å². The lowest BCUT2D eigenvalue weighted by molar-refractivity contribution is 0.669. The largest absolute Gasteiger partial charge is 0.456 e. The number of fused-ring (bicyclic) bond motifs is 4. The van der Waals surface area contributed by atoms with Crippen LogP contribution in [0.2, 0.25) is 0 Å². The number of hydrogen-bond donors (Lipinski definition) is 0. The molecule has 10 aromatic carbocycles. The predicted octanol–water partition coefficient (Wildman–Crippen LogP) is 16.5. The van der Waals surface area contributed by atoms with Crippen LogP contribution in [-0.2, 0) is 0 Å². The van der Waals surface area contributed by atoms with E-state index in [-0.39, 0.29) is 0 Å². The van der Waals surface area contributed by atoms with E-state index in [2.05, 4.69) is 229 Å². The van der Waals surface area contributed by atoms with E-state index < -0.39 is 0 Å². The average molecular weight is 766 g/mol. The van der Waals surface area contributed by atoms with Gasteiger partial charge in [-0.1, -0.05) is 188 Å². The van der Waals surface area contributed by atoms with Gasteiger partial charge in [0, 0.05) is 27.7 Å². The minimum atomic E-state index is 0.895. The molecule has 0 atom stereocenters. The highest BCUT2D eigenvalue weighted by Crippen LogP contribution is 2.46. The van der Waals surface area contributed by atoms with Crippen molar-refractivity contribution >= 4 is 49.8 Å². The van der Waals surface area contributed by atoms with Crippen LogP contribution in [0, 0.1) is 0 Å². The predicted molar refractivity (Wildman–Crippen MR) is 253 cm³/mol. The van der Waals surface area contributed by atoms with Crippen molar-refractivity contribution < 1.29 is 4.42 Å². The Kier molecular flexibility index (Phi) is 8.87. The molecule has 0 aliphatic carbocycles. The summed E-state index contributed by atoms with van der Waals surface area (Å²) in [7, 11) is 0. The molecule has 0 bridgehead atoms. The molecule has 11 aromatic rings. The maximum Gasteiger partial charge on any atom is 0.136 e. The second kappa shape index (κ2) is 15.1. The molecular formula is C58H39NO. The molecule has 1 aromatic heterocycles. The second-order valence-electron chi connectivity index (χ2n) is 15.2. The molecule has 0 saturated heterocycles. The zero-order chi connectivity index (χ0) is 39.8. The first kappa shape index (κ1) is 35.2. The lowest BCUT2D eigenvalue weighted by atomic mass is 9.88. The Morgan fingerprint density at radius 2 is 0.750 bits per heavy atom. The lowest BCUT2D eigenvalue weighted by Crippen LogP contribution is -2.11. The third-order valence-corrected chi connectivity index (χ3v) is 11.7. The summed E-state index contributed by atoms with van der Waals surface area (Å²) in [4.78, 5) is 2.40. The fraction of sp³-hybridized carbons (Fsp3) is 0. The van der Waals surface area contributed by atoms with Gasteiger partial charge in [-0.3, -0.25) is 0 Å². The van der Waals surface area contributed by atoms with E-state index in [1.165, 1.54) is 49.7 Å². The summed E-state index contributed by atoms with van der Waals surface area (Å²) in [5.41, 5.74) is 16.8. The fourth-order valence-electron chi connectivity index (χ4n) is 8.84. The first-order valence-corrected chi connectivity index (χ1v) is 20.5. The van der Waals surface area contributed by atoms with Crippen molar-refractivity contribution in [2.75, 3.05) is 4.90 Å². The van der Waals surface area contributed by atoms with Crippen molar-refractivity contribution in [3.05, 3.63) is 237 Å². The van der Waals surface area contributed by atoms with Crippen molar-refractivity contribution in [1.29, 1.82) is 0 Å². The summed E-state index contributed by atoms with van der Waals surface area (Å²) in [5, 5.41) is 4.76. The lowest BCUT2D eigenvalue weighted by Gasteiger charge is -2.29. The highest BCUT2D eigenvalue weighted by molar-refractivity contribution is 6.06. The van der Waals surface area contributed by atoms with Crippen LogP contribution in [0.5, 0.6) is 0 Å². The van der Waals surface area contributed by atoms with Gasteiger partial charge >= 0.3 is 0 Å². The Bertz CT molecular complexity index is 3300. The molecule has 1 heterocycles. The Morgan fingerprint density at radius 3 is 1.50 bits per heavy atom. The standard InChI is InChI=1S/C58H39NO/c1-2-15-41(16-3-1)49-20-6-7-21-50(49)51-22-8-9-23-52(51)53-24-10-12-27-56(53)59(46-36-31-43(32-37-46)48-26-14-18-42-17-4-5-19-47(42)48)45-34-29-40(30-35-45)44-33-38-55-54-25-11-13-28-57(54)60-58(55)39-44/h1-39H. The minimum absolute atomic E-state index is 0.895. The smallest absolute Gasteiger partial charge is 0.136 e. The first-order chi connectivity index (χ1) is 29.8. The summed E-state index contributed by atoms with van der Waals surface area (Å²) < 4.78 is 6.28. The van der Waals surface area contributed by atoms with Gasteiger partial charge in [0.15, 0.2) is 0 Å². The van der Waals surface area contributed by atoms with E-state index in [9.17, 15) is 0 Å². The van der Waals surface area contributed by atoms with Gasteiger partial charge in [0.25, 0.3) is 0 Å². The molecule has 0 radical (unpaired) electrons. The van der Waals surface area contributed by atoms with Gasteiger partial charge in [0.1, 0.15) is 11.2 Å². The van der Waals surface area contributed by atoms with E-state index in [1.54, 1.807) is 0 Å². The third kappa shape index (κ3) is 6.32. The molecule has 0 N–H and O–H groups in total. The van der Waals surface area contributed by atoms with Crippen LogP contribution in [0.15, 0.2) is 241 Å². The summed E-state index contributed by atoms with van der Waals surface area (Å²) in [6, 6.07) is 84.9. The summed E-state index contributed by atoms with van der Waals surface area (Å²) in [5.74, 6) is 0. The quantitative estimate of drug-likeness (QED) is 0.153. The van der Waals surface area contributed by atoms with Gasteiger partial charge in [-0.2, -0.15) is 0 Å². The average Bonchev–Trinajstić information content (AvgIpc) is 3.70. The third-order valence-electron chi connectivity index (χ3n) is 11.7. The van der Waals surface area contributed by atoms with Crippen LogP contribution in [-0.4, -0.2) is 0 Å². The zero-order valence-corrected chi connectivity index (χ0v) is 32.9. The molecule has 0 amide bonds. The number of rotatable bonds is 8. The highest BCUT2D eigenvalue weighted by Gasteiger charge is 2.21. The van der Waals surface area contributed by atoms with Crippen molar-refractivity contribution in [3.8, 4) is 55.6 Å². The van der Waals surface area contributed by atoms with Crippen LogP contribution in [0.25, 0.3) is 88.3 Å². The number of para-hydroxylation sites is 2. The maximum absolute atomic E-state index is 6.28. The number of benzene rings is 10. The van der Waals surface area contributed by atoms with Crippen molar-refractivity contribution in [2.24, 2.45) is 0 Å². The van der Waals surface area contributed by atoms with Crippen LogP contribution < -0.4 is 4.90 Å². The van der Waals surface area contributed by atoms with Crippen LogP contribution in [0.3, 0.4) is 0 Å². The normalized spacial score (nSPS) is 11.3. The summed E-state index contributed by atoms with van der Waals surface area (Å²) in [6.45, 7) is 0. The van der Waals surface area contributed by atoms with Gasteiger partial charge in [-0.15, -0.1) is 0 Å². The zero-order valence-electron chi connectivity index (χ0n) is 32.9. The molecule has 0 saturated carbocycles. The van der Waals surface area contributed by atoms with Crippen molar-refractivity contribution in [1.82, 2.24) is 0 Å². The van der Waals surface area contributed by atoms with E-state index in [0.717, 1.165) is 55.7 Å². The molecule has 0 unspecified atom stereocenters. The van der Waals surface area contributed by atoms with E-state index in [4.69, 9.17) is 4.42 Å². The van der Waals surface area contributed by atoms with Gasteiger partial charge in [-0.05, 0) is 109 Å². The van der Waals surface area contributed by atoms with E-state index >= 15 is 0 Å². The van der Waals surface area contributed by atoms with E-state index in [1.807, 2.05) is 12.1 Å². The topological polar surface area (TPSA) is 16.4 Å². The number of furan rings is 1. The van der Waals surface area contributed by atoms with Gasteiger partial charge in [0.2, 0.25) is 0 Å². The molecule has 0 aliphatic heterocycles. The Morgan fingerprint density at radius 1 is 0.267 bits per heavy atom. The molecule has 11 rings (SSSR count). The molecule has 0 aliphatic rings.